The van der Waals surface area contributed by atoms with E-state index in [1.54, 1.807) is 23.6 Å². The number of carbonyl (C=O) groups excluding carboxylic acids is 1. The number of fused-ring (bicyclic) bond motifs is 1. The molecule has 0 fully saturated rings. The molecule has 0 aliphatic carbocycles. The molecule has 34 heavy (non-hydrogen) atoms. The number of carbonyl (C=O) groups is 1. The molecule has 170 valence electrons. The van der Waals surface area contributed by atoms with Crippen molar-refractivity contribution in [3.63, 3.8) is 0 Å². The lowest BCUT2D eigenvalue weighted by Crippen LogP contribution is -2.39. The van der Waals surface area contributed by atoms with Gasteiger partial charge in [-0.3, -0.25) is 9.36 Å². The van der Waals surface area contributed by atoms with Crippen LogP contribution in [0.15, 0.2) is 93.2 Å². The SMILES string of the molecule is CC1=C(C(=O)OCc2ccccc2)C(c2cccs2)n2c(s/c(=C\c3ccccc3Cl)c2=O)=N1. The Morgan fingerprint density at radius 1 is 1.12 bits per heavy atom. The number of aromatic nitrogens is 1. The summed E-state index contributed by atoms with van der Waals surface area (Å²) in [5.74, 6) is -0.483. The number of hydrogen-bond donors (Lipinski definition) is 0. The highest BCUT2D eigenvalue weighted by atomic mass is 35.5. The van der Waals surface area contributed by atoms with E-state index in [1.165, 1.54) is 22.7 Å². The average molecular weight is 507 g/mol. The van der Waals surface area contributed by atoms with Crippen molar-refractivity contribution < 1.29 is 9.53 Å². The van der Waals surface area contributed by atoms with E-state index in [2.05, 4.69) is 4.99 Å². The molecule has 2 aromatic carbocycles. The van der Waals surface area contributed by atoms with Gasteiger partial charge >= 0.3 is 5.97 Å². The van der Waals surface area contributed by atoms with Crippen molar-refractivity contribution >= 4 is 46.3 Å². The van der Waals surface area contributed by atoms with E-state index in [-0.39, 0.29) is 12.2 Å². The number of esters is 1. The number of thiazole rings is 1. The quantitative estimate of drug-likeness (QED) is 0.369. The molecule has 3 heterocycles. The molecule has 2 aromatic heterocycles. The largest absolute Gasteiger partial charge is 0.457 e. The summed E-state index contributed by atoms with van der Waals surface area (Å²) >= 11 is 9.08. The Morgan fingerprint density at radius 3 is 2.62 bits per heavy atom. The number of allylic oxidation sites excluding steroid dienone is 1. The van der Waals surface area contributed by atoms with E-state index in [0.29, 0.717) is 25.6 Å². The van der Waals surface area contributed by atoms with Gasteiger partial charge in [0.2, 0.25) is 0 Å². The standard InChI is InChI=1S/C26H19ClN2O3S2/c1-16-22(25(31)32-15-17-8-3-2-4-9-17)23(20-12-7-13-33-20)29-24(30)21(34-26(29)28-16)14-18-10-5-6-11-19(18)27/h2-14,23H,15H2,1H3/b21-14-. The van der Waals surface area contributed by atoms with Crippen LogP contribution in [0.3, 0.4) is 0 Å². The highest BCUT2D eigenvalue weighted by Crippen LogP contribution is 2.33. The van der Waals surface area contributed by atoms with Crippen LogP contribution in [-0.2, 0) is 16.1 Å². The van der Waals surface area contributed by atoms with E-state index in [9.17, 15) is 9.59 Å². The number of rotatable bonds is 5. The fourth-order valence-corrected chi connectivity index (χ4v) is 5.88. The molecule has 0 spiro atoms. The van der Waals surface area contributed by atoms with Crippen molar-refractivity contribution in [3.05, 3.63) is 124 Å². The van der Waals surface area contributed by atoms with Crippen molar-refractivity contribution in [2.75, 3.05) is 0 Å². The molecule has 0 saturated heterocycles. The predicted octanol–water partition coefficient (Wildman–Crippen LogP) is 4.69. The molecule has 0 radical (unpaired) electrons. The molecule has 0 saturated carbocycles. The van der Waals surface area contributed by atoms with Gasteiger partial charge < -0.3 is 4.74 Å². The van der Waals surface area contributed by atoms with E-state index < -0.39 is 12.0 Å². The summed E-state index contributed by atoms with van der Waals surface area (Å²) in [7, 11) is 0. The maximum absolute atomic E-state index is 13.6. The minimum Gasteiger partial charge on any atom is -0.457 e. The van der Waals surface area contributed by atoms with Crippen LogP contribution in [0.4, 0.5) is 0 Å². The maximum atomic E-state index is 13.6. The first-order valence-corrected chi connectivity index (χ1v) is 12.6. The lowest BCUT2D eigenvalue weighted by Gasteiger charge is -2.23. The predicted molar refractivity (Wildman–Crippen MR) is 136 cm³/mol. The summed E-state index contributed by atoms with van der Waals surface area (Å²) in [5.41, 5.74) is 2.33. The van der Waals surface area contributed by atoms with E-state index in [0.717, 1.165) is 16.0 Å². The van der Waals surface area contributed by atoms with Crippen LogP contribution in [0.25, 0.3) is 6.08 Å². The van der Waals surface area contributed by atoms with Crippen LogP contribution in [0, 0.1) is 0 Å². The van der Waals surface area contributed by atoms with E-state index in [1.807, 2.05) is 66.0 Å². The lowest BCUT2D eigenvalue weighted by molar-refractivity contribution is -0.140. The van der Waals surface area contributed by atoms with Crippen LogP contribution in [-0.4, -0.2) is 10.5 Å². The van der Waals surface area contributed by atoms with Gasteiger partial charge in [-0.25, -0.2) is 9.79 Å². The molecule has 5 nitrogen and oxygen atoms in total. The van der Waals surface area contributed by atoms with Gasteiger partial charge in [0, 0.05) is 9.90 Å². The number of thiophene rings is 1. The van der Waals surface area contributed by atoms with Crippen LogP contribution in [0.1, 0.15) is 29.0 Å². The first-order chi connectivity index (χ1) is 16.5. The van der Waals surface area contributed by atoms with Gasteiger partial charge in [-0.15, -0.1) is 11.3 Å². The molecule has 1 unspecified atom stereocenters. The first kappa shape index (κ1) is 22.5. The van der Waals surface area contributed by atoms with Crippen molar-refractivity contribution in [2.24, 2.45) is 4.99 Å². The molecule has 0 amide bonds. The lowest BCUT2D eigenvalue weighted by atomic mass is 10.0. The Bertz CT molecular complexity index is 1570. The third-order valence-corrected chi connectivity index (χ3v) is 7.71. The van der Waals surface area contributed by atoms with E-state index >= 15 is 0 Å². The van der Waals surface area contributed by atoms with Crippen LogP contribution >= 0.6 is 34.3 Å². The zero-order valence-electron chi connectivity index (χ0n) is 18.1. The molecule has 1 atom stereocenters. The molecule has 5 rings (SSSR count). The van der Waals surface area contributed by atoms with Crippen molar-refractivity contribution in [1.29, 1.82) is 0 Å². The fraction of sp³-hybridized carbons (Fsp3) is 0.115. The number of nitrogens with zero attached hydrogens (tertiary/aromatic N) is 2. The second-order valence-electron chi connectivity index (χ2n) is 7.68. The maximum Gasteiger partial charge on any atom is 0.338 e. The Kier molecular flexibility index (Phi) is 6.32. The zero-order chi connectivity index (χ0) is 23.7. The fourth-order valence-electron chi connectivity index (χ4n) is 3.83. The molecule has 1 aliphatic heterocycles. The van der Waals surface area contributed by atoms with Gasteiger partial charge in [0.25, 0.3) is 5.56 Å². The third kappa shape index (κ3) is 4.30. The summed E-state index contributed by atoms with van der Waals surface area (Å²) in [6.07, 6.45) is 1.77. The van der Waals surface area contributed by atoms with Gasteiger partial charge in [-0.05, 0) is 41.6 Å². The second kappa shape index (κ2) is 9.54. The third-order valence-electron chi connectivity index (χ3n) is 5.46. The van der Waals surface area contributed by atoms with E-state index in [4.69, 9.17) is 16.3 Å². The van der Waals surface area contributed by atoms with Gasteiger partial charge in [0.15, 0.2) is 4.80 Å². The minimum absolute atomic E-state index is 0.143. The summed E-state index contributed by atoms with van der Waals surface area (Å²) in [5, 5.41) is 2.49. The molecule has 1 aliphatic rings. The minimum atomic E-state index is -0.604. The highest BCUT2D eigenvalue weighted by Gasteiger charge is 2.34. The highest BCUT2D eigenvalue weighted by molar-refractivity contribution is 7.10. The van der Waals surface area contributed by atoms with Gasteiger partial charge in [-0.1, -0.05) is 77.5 Å². The molecule has 0 bridgehead atoms. The number of hydrogen-bond acceptors (Lipinski definition) is 6. The summed E-state index contributed by atoms with van der Waals surface area (Å²) in [6.45, 7) is 1.93. The molecule has 4 aromatic rings. The molecule has 8 heteroatoms. The normalized spacial score (nSPS) is 15.7. The van der Waals surface area contributed by atoms with Gasteiger partial charge in [0.1, 0.15) is 12.6 Å². The molecule has 0 N–H and O–H groups in total. The summed E-state index contributed by atoms with van der Waals surface area (Å²) in [6, 6.07) is 20.1. The Balaban J connectivity index is 1.60. The van der Waals surface area contributed by atoms with Crippen LogP contribution in [0.5, 0.6) is 0 Å². The second-order valence-corrected chi connectivity index (χ2v) is 10.1. The number of halogens is 1. The van der Waals surface area contributed by atoms with Crippen molar-refractivity contribution in [2.45, 2.75) is 19.6 Å². The Labute approximate surface area is 208 Å². The van der Waals surface area contributed by atoms with Crippen molar-refractivity contribution in [1.82, 2.24) is 4.57 Å². The van der Waals surface area contributed by atoms with Crippen LogP contribution in [0.2, 0.25) is 5.02 Å². The zero-order valence-corrected chi connectivity index (χ0v) is 20.5. The molecular weight excluding hydrogens is 488 g/mol. The van der Waals surface area contributed by atoms with Gasteiger partial charge in [0.05, 0.1) is 15.8 Å². The Hall–Kier alpha value is -3.26. The summed E-state index contributed by atoms with van der Waals surface area (Å²) < 4.78 is 7.74. The first-order valence-electron chi connectivity index (χ1n) is 10.5. The summed E-state index contributed by atoms with van der Waals surface area (Å²) in [4.78, 5) is 32.9. The number of ether oxygens (including phenoxy) is 1. The topological polar surface area (TPSA) is 60.7 Å². The Morgan fingerprint density at radius 2 is 1.88 bits per heavy atom. The molecular formula is C26H19ClN2O3S2. The van der Waals surface area contributed by atoms with Crippen LogP contribution < -0.4 is 14.9 Å². The monoisotopic (exact) mass is 506 g/mol. The van der Waals surface area contributed by atoms with Gasteiger partial charge in [-0.2, -0.15) is 0 Å². The number of benzene rings is 2. The van der Waals surface area contributed by atoms with Crippen molar-refractivity contribution in [3.8, 4) is 0 Å². The average Bonchev–Trinajstić information content (AvgIpc) is 3.47. The smallest absolute Gasteiger partial charge is 0.338 e.